The van der Waals surface area contributed by atoms with Crippen LogP contribution < -0.4 is 10.4 Å². The third-order valence-electron chi connectivity index (χ3n) is 4.94. The highest BCUT2D eigenvalue weighted by Gasteiger charge is 2.39. The van der Waals surface area contributed by atoms with Crippen molar-refractivity contribution in [2.45, 2.75) is 32.7 Å². The van der Waals surface area contributed by atoms with E-state index < -0.39 is 31.7 Å². The Morgan fingerprint density at radius 3 is 1.19 bits per heavy atom. The van der Waals surface area contributed by atoms with Gasteiger partial charge in [0.15, 0.2) is 8.24 Å². The number of nitrogens with zero attached hydrogens (tertiary/aromatic N) is 1. The maximum absolute atomic E-state index is 12.9. The van der Waals surface area contributed by atoms with Crippen LogP contribution in [-0.2, 0) is 12.4 Å². The molecule has 148 valence electrons. The van der Waals surface area contributed by atoms with E-state index in [1.54, 1.807) is 0 Å². The summed E-state index contributed by atoms with van der Waals surface area (Å²) in [5.41, 5.74) is -1.48. The lowest BCUT2D eigenvalue weighted by Gasteiger charge is -2.39. The molecule has 0 unspecified atom stereocenters. The normalized spacial score (nSPS) is 13.3. The average molecular weight is 405 g/mol. The molecule has 8 heteroatoms. The van der Waals surface area contributed by atoms with Crippen LogP contribution in [0.3, 0.4) is 0 Å². The van der Waals surface area contributed by atoms with E-state index in [9.17, 15) is 26.3 Å². The summed E-state index contributed by atoms with van der Waals surface area (Å²) in [6.45, 7) is 7.10. The first-order chi connectivity index (χ1) is 12.4. The lowest BCUT2D eigenvalue weighted by molar-refractivity contribution is -0.138. The van der Waals surface area contributed by atoms with Crippen LogP contribution in [0.4, 0.5) is 26.3 Å². The number of hydrogen-bond acceptors (Lipinski definition) is 1. The third-order valence-corrected chi connectivity index (χ3v) is 9.76. The summed E-state index contributed by atoms with van der Waals surface area (Å²) >= 11 is 0. The fourth-order valence-corrected chi connectivity index (χ4v) is 7.32. The monoisotopic (exact) mass is 405 g/mol. The predicted molar refractivity (Wildman–Crippen MR) is 96.7 cm³/mol. The molecule has 0 aliphatic rings. The molecule has 0 radical (unpaired) electrons. The second-order valence-corrected chi connectivity index (χ2v) is 10.3. The minimum Gasteiger partial charge on any atom is -0.317 e. The van der Waals surface area contributed by atoms with Crippen molar-refractivity contribution < 1.29 is 26.3 Å². The zero-order valence-corrected chi connectivity index (χ0v) is 16.2. The molecule has 2 aromatic rings. The second-order valence-electron chi connectivity index (χ2n) is 6.39. The summed E-state index contributed by atoms with van der Waals surface area (Å²) in [5, 5.41) is 1.44. The van der Waals surface area contributed by atoms with Crippen molar-refractivity contribution in [3.8, 4) is 0 Å². The maximum Gasteiger partial charge on any atom is 0.416 e. The van der Waals surface area contributed by atoms with Crippen LogP contribution in [-0.4, -0.2) is 25.9 Å². The van der Waals surface area contributed by atoms with Crippen molar-refractivity contribution in [3.63, 3.8) is 0 Å². The van der Waals surface area contributed by atoms with Crippen LogP contribution in [0, 0.1) is 0 Å². The first-order valence-corrected chi connectivity index (χ1v) is 11.0. The van der Waals surface area contributed by atoms with Crippen molar-refractivity contribution in [2.24, 2.45) is 0 Å². The summed E-state index contributed by atoms with van der Waals surface area (Å²) in [4.78, 5) is 0. The molecule has 0 amide bonds. The quantitative estimate of drug-likeness (QED) is 0.512. The summed E-state index contributed by atoms with van der Waals surface area (Å²) in [6, 6.07) is 9.94. The van der Waals surface area contributed by atoms with Gasteiger partial charge in [0.05, 0.1) is 11.1 Å². The minimum absolute atomic E-state index is 0.640. The van der Waals surface area contributed by atoms with Gasteiger partial charge in [-0.25, -0.2) is 0 Å². The molecule has 0 fully saturated rings. The van der Waals surface area contributed by atoms with Crippen LogP contribution in [0.25, 0.3) is 0 Å². The van der Waals surface area contributed by atoms with Crippen molar-refractivity contribution in [2.75, 3.05) is 13.1 Å². The van der Waals surface area contributed by atoms with E-state index in [1.165, 1.54) is 24.3 Å². The van der Waals surface area contributed by atoms with Gasteiger partial charge >= 0.3 is 12.4 Å². The molecule has 0 aromatic heterocycles. The van der Waals surface area contributed by atoms with E-state index in [0.717, 1.165) is 34.6 Å². The van der Waals surface area contributed by atoms with E-state index in [2.05, 4.69) is 4.57 Å². The fourth-order valence-electron chi connectivity index (χ4n) is 3.36. The van der Waals surface area contributed by atoms with Crippen molar-refractivity contribution in [1.29, 1.82) is 0 Å². The highest BCUT2D eigenvalue weighted by atomic mass is 28.3. The number of rotatable bonds is 5. The zero-order valence-electron chi connectivity index (χ0n) is 15.2. The van der Waals surface area contributed by atoms with Crippen molar-refractivity contribution >= 4 is 18.6 Å². The van der Waals surface area contributed by atoms with Crippen LogP contribution in [0.5, 0.6) is 0 Å². The lowest BCUT2D eigenvalue weighted by Crippen LogP contribution is -2.68. The molecule has 1 nitrogen and oxygen atoms in total. The Labute approximate surface area is 155 Å². The molecule has 27 heavy (non-hydrogen) atoms. The first kappa shape index (κ1) is 21.5. The van der Waals surface area contributed by atoms with E-state index >= 15 is 0 Å². The molecule has 0 aliphatic carbocycles. The van der Waals surface area contributed by atoms with Crippen LogP contribution in [0.15, 0.2) is 48.5 Å². The fraction of sp³-hybridized carbons (Fsp3) is 0.368. The summed E-state index contributed by atoms with van der Waals surface area (Å²) in [6.07, 6.45) is -8.86. The Bertz CT molecular complexity index is 688. The van der Waals surface area contributed by atoms with Gasteiger partial charge in [0.25, 0.3) is 0 Å². The van der Waals surface area contributed by atoms with Gasteiger partial charge in [-0.15, -0.1) is 0 Å². The largest absolute Gasteiger partial charge is 0.416 e. The molecular formula is C19H21F6NSi. The minimum atomic E-state index is -4.43. The lowest BCUT2D eigenvalue weighted by atomic mass is 10.2. The molecule has 0 atom stereocenters. The molecule has 2 rings (SSSR count). The molecule has 0 N–H and O–H groups in total. The Hall–Kier alpha value is -1.80. The Balaban J connectivity index is 2.56. The Morgan fingerprint density at radius 2 is 0.963 bits per heavy atom. The predicted octanol–water partition coefficient (Wildman–Crippen LogP) is 4.76. The number of halogens is 6. The maximum atomic E-state index is 12.9. The molecular weight excluding hydrogens is 384 g/mol. The van der Waals surface area contributed by atoms with Gasteiger partial charge in [-0.3, -0.25) is 0 Å². The van der Waals surface area contributed by atoms with E-state index in [4.69, 9.17) is 0 Å². The Morgan fingerprint density at radius 1 is 0.667 bits per heavy atom. The van der Waals surface area contributed by atoms with E-state index in [0.29, 0.717) is 13.1 Å². The average Bonchev–Trinajstić information content (AvgIpc) is 2.61. The number of benzene rings is 2. The molecule has 0 aliphatic heterocycles. The second kappa shape index (κ2) is 7.67. The highest BCUT2D eigenvalue weighted by molar-refractivity contribution is 6.99. The van der Waals surface area contributed by atoms with E-state index in [1.807, 2.05) is 20.4 Å². The van der Waals surface area contributed by atoms with E-state index in [-0.39, 0.29) is 0 Å². The van der Waals surface area contributed by atoms with Crippen LogP contribution >= 0.6 is 0 Å². The Kier molecular flexibility index (Phi) is 6.11. The molecule has 0 saturated heterocycles. The highest BCUT2D eigenvalue weighted by Crippen LogP contribution is 2.30. The zero-order chi connectivity index (χ0) is 20.5. The van der Waals surface area contributed by atoms with Crippen LogP contribution in [0.2, 0.25) is 6.55 Å². The third kappa shape index (κ3) is 4.38. The van der Waals surface area contributed by atoms with Crippen molar-refractivity contribution in [3.05, 3.63) is 59.7 Å². The van der Waals surface area contributed by atoms with Gasteiger partial charge < -0.3 is 4.57 Å². The van der Waals surface area contributed by atoms with Gasteiger partial charge in [-0.05, 0) is 30.0 Å². The summed E-state index contributed by atoms with van der Waals surface area (Å²) < 4.78 is 79.4. The summed E-state index contributed by atoms with van der Waals surface area (Å²) in [7, 11) is -2.70. The molecule has 2 aromatic carbocycles. The first-order valence-electron chi connectivity index (χ1n) is 8.55. The van der Waals surface area contributed by atoms with Gasteiger partial charge in [-0.1, -0.05) is 62.4 Å². The SMILES string of the molecule is CCN(CC)[Si](C)(c1ccc(C(F)(F)F)cc1)c1ccc(C(F)(F)F)cc1. The summed E-state index contributed by atoms with van der Waals surface area (Å²) in [5.74, 6) is 0. The van der Waals surface area contributed by atoms with Gasteiger partial charge in [0, 0.05) is 0 Å². The smallest absolute Gasteiger partial charge is 0.317 e. The van der Waals surface area contributed by atoms with Gasteiger partial charge in [-0.2, -0.15) is 26.3 Å². The molecule has 0 bridgehead atoms. The molecule has 0 saturated carbocycles. The van der Waals surface area contributed by atoms with Gasteiger partial charge in [0.2, 0.25) is 0 Å². The van der Waals surface area contributed by atoms with Crippen molar-refractivity contribution in [1.82, 2.24) is 4.57 Å². The number of hydrogen-bond donors (Lipinski definition) is 0. The number of alkyl halides is 6. The molecule has 0 heterocycles. The molecule has 0 spiro atoms. The standard InChI is InChI=1S/C19H21F6NSi/c1-4-26(5-2)27(3,16-10-6-14(7-11-16)18(20,21)22)17-12-8-15(9-13-17)19(23,24)25/h6-13H,4-5H2,1-3H3. The van der Waals surface area contributed by atoms with Crippen LogP contribution in [0.1, 0.15) is 25.0 Å². The topological polar surface area (TPSA) is 3.24 Å². The van der Waals surface area contributed by atoms with Gasteiger partial charge in [0.1, 0.15) is 0 Å².